The molecule has 0 fully saturated rings. The number of Topliss-reactive ketones (excluding diaryl/α,β-unsaturated/α-hetero) is 1. The number of nitrogens with zero attached hydrogens (tertiary/aromatic N) is 1. The van der Waals surface area contributed by atoms with Gasteiger partial charge in [0, 0.05) is 22.6 Å². The minimum Gasteiger partial charge on any atom is -0.317 e. The van der Waals surface area contributed by atoms with E-state index in [1.807, 2.05) is 19.9 Å². The van der Waals surface area contributed by atoms with Crippen molar-refractivity contribution < 1.29 is 4.79 Å². The van der Waals surface area contributed by atoms with Crippen LogP contribution >= 0.6 is 0 Å². The summed E-state index contributed by atoms with van der Waals surface area (Å²) >= 11 is 0. The van der Waals surface area contributed by atoms with Crippen LogP contribution in [0.25, 0.3) is 5.69 Å². The second-order valence-electron chi connectivity index (χ2n) is 4.97. The Morgan fingerprint density at radius 1 is 1.06 bits per heavy atom. The van der Waals surface area contributed by atoms with Crippen LogP contribution in [0, 0.1) is 27.7 Å². The van der Waals surface area contributed by atoms with Gasteiger partial charge in [0.15, 0.2) is 5.78 Å². The minimum atomic E-state index is 0.125. The molecule has 0 aliphatic rings. The summed E-state index contributed by atoms with van der Waals surface area (Å²) in [5.41, 5.74) is 6.55. The van der Waals surface area contributed by atoms with E-state index in [9.17, 15) is 4.79 Å². The van der Waals surface area contributed by atoms with Gasteiger partial charge in [-0.1, -0.05) is 12.1 Å². The number of hydrogen-bond donors (Lipinski definition) is 0. The Bertz CT molecular complexity index is 620. The summed E-state index contributed by atoms with van der Waals surface area (Å²) in [4.78, 5) is 11.6. The Balaban J connectivity index is 2.71. The van der Waals surface area contributed by atoms with E-state index in [1.165, 1.54) is 11.1 Å². The summed E-state index contributed by atoms with van der Waals surface area (Å²) in [5.74, 6) is 0.125. The highest BCUT2D eigenvalue weighted by molar-refractivity contribution is 5.95. The average Bonchev–Trinajstić information content (AvgIpc) is 2.58. The van der Waals surface area contributed by atoms with Crippen molar-refractivity contribution in [3.05, 3.63) is 52.3 Å². The number of ketones is 1. The molecule has 0 aliphatic heterocycles. The van der Waals surface area contributed by atoms with E-state index in [1.54, 1.807) is 6.92 Å². The van der Waals surface area contributed by atoms with Crippen LogP contribution in [0.5, 0.6) is 0 Å². The Morgan fingerprint density at radius 3 is 2.28 bits per heavy atom. The molecule has 0 amide bonds. The van der Waals surface area contributed by atoms with Gasteiger partial charge in [0.05, 0.1) is 0 Å². The predicted molar refractivity (Wildman–Crippen MR) is 74.7 cm³/mol. The van der Waals surface area contributed by atoms with E-state index in [4.69, 9.17) is 0 Å². The van der Waals surface area contributed by atoms with Crippen molar-refractivity contribution in [3.63, 3.8) is 0 Å². The highest BCUT2D eigenvalue weighted by Gasteiger charge is 2.14. The third kappa shape index (κ3) is 1.99. The van der Waals surface area contributed by atoms with E-state index in [2.05, 4.69) is 36.6 Å². The molecular formula is C16H19NO. The third-order valence-electron chi connectivity index (χ3n) is 3.42. The summed E-state index contributed by atoms with van der Waals surface area (Å²) in [6.45, 7) is 9.85. The molecular weight excluding hydrogens is 222 g/mol. The Morgan fingerprint density at radius 2 is 1.72 bits per heavy atom. The monoisotopic (exact) mass is 241 g/mol. The molecule has 18 heavy (non-hydrogen) atoms. The van der Waals surface area contributed by atoms with Crippen molar-refractivity contribution >= 4 is 5.78 Å². The molecule has 94 valence electrons. The van der Waals surface area contributed by atoms with E-state index in [0.29, 0.717) is 0 Å². The van der Waals surface area contributed by atoms with Crippen molar-refractivity contribution in [2.45, 2.75) is 34.6 Å². The maximum absolute atomic E-state index is 11.6. The molecule has 1 aromatic carbocycles. The minimum absolute atomic E-state index is 0.125. The number of hydrogen-bond acceptors (Lipinski definition) is 1. The van der Waals surface area contributed by atoms with E-state index in [0.717, 1.165) is 22.6 Å². The van der Waals surface area contributed by atoms with Crippen LogP contribution in [-0.4, -0.2) is 10.4 Å². The van der Waals surface area contributed by atoms with Crippen molar-refractivity contribution in [1.82, 2.24) is 4.57 Å². The first-order valence-corrected chi connectivity index (χ1v) is 6.19. The van der Waals surface area contributed by atoms with Gasteiger partial charge in [0.2, 0.25) is 0 Å². The van der Waals surface area contributed by atoms with Gasteiger partial charge in [0.25, 0.3) is 0 Å². The van der Waals surface area contributed by atoms with Gasteiger partial charge in [0.1, 0.15) is 0 Å². The standard InChI is InChI=1S/C16H19NO/c1-10-6-7-11(2)16(8-10)17-12(3)9-15(13(17)4)14(5)18/h6-9H,1-5H3. The van der Waals surface area contributed by atoms with Gasteiger partial charge >= 0.3 is 0 Å². The second-order valence-corrected chi connectivity index (χ2v) is 4.97. The van der Waals surface area contributed by atoms with E-state index >= 15 is 0 Å². The first kappa shape index (κ1) is 12.6. The van der Waals surface area contributed by atoms with E-state index in [-0.39, 0.29) is 5.78 Å². The molecule has 1 heterocycles. The van der Waals surface area contributed by atoms with E-state index < -0.39 is 0 Å². The lowest BCUT2D eigenvalue weighted by Gasteiger charge is -2.13. The summed E-state index contributed by atoms with van der Waals surface area (Å²) < 4.78 is 2.17. The predicted octanol–water partition coefficient (Wildman–Crippen LogP) is 3.91. The summed E-state index contributed by atoms with van der Waals surface area (Å²) in [6.07, 6.45) is 0. The third-order valence-corrected chi connectivity index (χ3v) is 3.42. The zero-order valence-electron chi connectivity index (χ0n) is 11.7. The number of carbonyl (C=O) groups excluding carboxylic acids is 1. The fourth-order valence-corrected chi connectivity index (χ4v) is 2.45. The summed E-state index contributed by atoms with van der Waals surface area (Å²) in [5, 5.41) is 0. The number of benzene rings is 1. The van der Waals surface area contributed by atoms with Crippen molar-refractivity contribution in [2.24, 2.45) is 0 Å². The van der Waals surface area contributed by atoms with Crippen LogP contribution in [-0.2, 0) is 0 Å². The molecule has 0 unspecified atom stereocenters. The molecule has 0 saturated heterocycles. The van der Waals surface area contributed by atoms with Crippen LogP contribution < -0.4 is 0 Å². The first-order valence-electron chi connectivity index (χ1n) is 6.19. The lowest BCUT2D eigenvalue weighted by molar-refractivity contribution is 0.101. The lowest BCUT2D eigenvalue weighted by Crippen LogP contribution is -2.03. The zero-order chi connectivity index (χ0) is 13.4. The van der Waals surface area contributed by atoms with Crippen LogP contribution in [0.4, 0.5) is 0 Å². The molecule has 2 aromatic rings. The zero-order valence-corrected chi connectivity index (χ0v) is 11.7. The van der Waals surface area contributed by atoms with Crippen LogP contribution in [0.15, 0.2) is 24.3 Å². The van der Waals surface area contributed by atoms with Gasteiger partial charge in [-0.15, -0.1) is 0 Å². The number of rotatable bonds is 2. The molecule has 2 rings (SSSR count). The SMILES string of the molecule is CC(=O)c1cc(C)n(-c2cc(C)ccc2C)c1C. The smallest absolute Gasteiger partial charge is 0.161 e. The fraction of sp³-hybridized carbons (Fsp3) is 0.312. The molecule has 0 spiro atoms. The largest absolute Gasteiger partial charge is 0.317 e. The molecule has 2 heteroatoms. The fourth-order valence-electron chi connectivity index (χ4n) is 2.45. The number of carbonyl (C=O) groups is 1. The average molecular weight is 241 g/mol. The maximum atomic E-state index is 11.6. The van der Waals surface area contributed by atoms with Crippen LogP contribution in [0.2, 0.25) is 0 Å². The van der Waals surface area contributed by atoms with Gasteiger partial charge in [-0.2, -0.15) is 0 Å². The molecule has 0 radical (unpaired) electrons. The molecule has 0 bridgehead atoms. The summed E-state index contributed by atoms with van der Waals surface area (Å²) in [7, 11) is 0. The van der Waals surface area contributed by atoms with Crippen molar-refractivity contribution in [3.8, 4) is 5.69 Å². The van der Waals surface area contributed by atoms with Gasteiger partial charge < -0.3 is 4.57 Å². The number of aromatic nitrogens is 1. The van der Waals surface area contributed by atoms with Gasteiger partial charge in [-0.3, -0.25) is 4.79 Å². The van der Waals surface area contributed by atoms with Gasteiger partial charge in [-0.05, 0) is 57.9 Å². The normalized spacial score (nSPS) is 10.7. The van der Waals surface area contributed by atoms with Crippen molar-refractivity contribution in [2.75, 3.05) is 0 Å². The second kappa shape index (κ2) is 4.45. The maximum Gasteiger partial charge on any atom is 0.161 e. The topological polar surface area (TPSA) is 22.0 Å². The molecule has 1 aromatic heterocycles. The summed E-state index contributed by atoms with van der Waals surface area (Å²) in [6, 6.07) is 8.37. The number of aryl methyl sites for hydroxylation is 3. The molecule has 0 saturated carbocycles. The molecule has 0 aliphatic carbocycles. The Kier molecular flexibility index (Phi) is 3.12. The highest BCUT2D eigenvalue weighted by Crippen LogP contribution is 2.24. The highest BCUT2D eigenvalue weighted by atomic mass is 16.1. The molecule has 0 atom stereocenters. The van der Waals surface area contributed by atoms with Crippen LogP contribution in [0.3, 0.4) is 0 Å². The van der Waals surface area contributed by atoms with Crippen molar-refractivity contribution in [1.29, 1.82) is 0 Å². The van der Waals surface area contributed by atoms with Crippen LogP contribution in [0.1, 0.15) is 39.8 Å². The molecule has 0 N–H and O–H groups in total. The lowest BCUT2D eigenvalue weighted by atomic mass is 10.1. The first-order chi connectivity index (χ1) is 8.41. The Labute approximate surface area is 108 Å². The Hall–Kier alpha value is -1.83. The quantitative estimate of drug-likeness (QED) is 0.730. The van der Waals surface area contributed by atoms with Gasteiger partial charge in [-0.25, -0.2) is 0 Å². The molecule has 2 nitrogen and oxygen atoms in total.